The van der Waals surface area contributed by atoms with Crippen molar-refractivity contribution in [2.75, 3.05) is 6.54 Å². The fraction of sp³-hybridized carbons (Fsp3) is 0.259. The Balaban J connectivity index is 1.33. The molecular formula is C27H28BrN3O. The molecule has 32 heavy (non-hydrogen) atoms. The highest BCUT2D eigenvalue weighted by atomic mass is 79.9. The number of hydrogen-bond donors (Lipinski definition) is 1. The van der Waals surface area contributed by atoms with Gasteiger partial charge in [0.15, 0.2) is 0 Å². The molecule has 1 aromatic heterocycles. The molecule has 0 spiro atoms. The number of carbonyl (C=O) groups is 1. The number of nitrogens with zero attached hydrogens (tertiary/aromatic N) is 2. The standard InChI is InChI=1S/C27H28BrN3O/c1-20-10-4-5-13-23(20)27(32)29-17-8-2-3-16-26-30-24-14-6-7-15-25(24)31(26)19-21-11-9-12-22(28)18-21/h4-7,9-15,18H,2-3,8,16-17,19H2,1H3,(H,29,32). The van der Waals surface area contributed by atoms with Crippen LogP contribution in [0.1, 0.15) is 46.6 Å². The highest BCUT2D eigenvalue weighted by Crippen LogP contribution is 2.21. The Morgan fingerprint density at radius 1 is 0.969 bits per heavy atom. The van der Waals surface area contributed by atoms with Gasteiger partial charge >= 0.3 is 0 Å². The fourth-order valence-electron chi connectivity index (χ4n) is 4.02. The quantitative estimate of drug-likeness (QED) is 0.280. The number of halogens is 1. The number of unbranched alkanes of at least 4 members (excludes halogenated alkanes) is 2. The first-order chi connectivity index (χ1) is 15.6. The summed E-state index contributed by atoms with van der Waals surface area (Å²) in [5.74, 6) is 1.13. The van der Waals surface area contributed by atoms with Crippen LogP contribution < -0.4 is 5.32 Å². The Morgan fingerprint density at radius 3 is 2.62 bits per heavy atom. The van der Waals surface area contributed by atoms with E-state index in [4.69, 9.17) is 4.98 Å². The Labute approximate surface area is 197 Å². The van der Waals surface area contributed by atoms with Crippen molar-refractivity contribution in [3.05, 3.63) is 99.8 Å². The van der Waals surface area contributed by atoms with Gasteiger partial charge in [0, 0.05) is 29.5 Å². The molecule has 4 nitrogen and oxygen atoms in total. The van der Waals surface area contributed by atoms with Crippen LogP contribution in [-0.2, 0) is 13.0 Å². The molecule has 0 radical (unpaired) electrons. The number of imidazole rings is 1. The summed E-state index contributed by atoms with van der Waals surface area (Å²) in [6, 6.07) is 24.5. The number of amides is 1. The number of aromatic nitrogens is 2. The van der Waals surface area contributed by atoms with E-state index in [-0.39, 0.29) is 5.91 Å². The number of hydrogen-bond acceptors (Lipinski definition) is 2. The predicted octanol–water partition coefficient (Wildman–Crippen LogP) is 6.30. The number of carbonyl (C=O) groups excluding carboxylic acids is 1. The topological polar surface area (TPSA) is 46.9 Å². The van der Waals surface area contributed by atoms with Gasteiger partial charge in [-0.25, -0.2) is 4.98 Å². The van der Waals surface area contributed by atoms with Crippen molar-refractivity contribution in [1.29, 1.82) is 0 Å². The Hall–Kier alpha value is -2.92. The molecule has 1 amide bonds. The normalized spacial score (nSPS) is 11.1. The molecule has 1 N–H and O–H groups in total. The molecule has 1 heterocycles. The molecule has 5 heteroatoms. The molecule has 0 aliphatic heterocycles. The molecule has 0 fully saturated rings. The molecule has 0 atom stereocenters. The van der Waals surface area contributed by atoms with E-state index in [1.165, 1.54) is 11.1 Å². The zero-order valence-electron chi connectivity index (χ0n) is 18.4. The van der Waals surface area contributed by atoms with Crippen LogP contribution in [0.5, 0.6) is 0 Å². The number of benzene rings is 3. The number of para-hydroxylation sites is 2. The van der Waals surface area contributed by atoms with Crippen molar-refractivity contribution in [2.24, 2.45) is 0 Å². The van der Waals surface area contributed by atoms with E-state index >= 15 is 0 Å². The Bertz CT molecular complexity index is 1210. The Morgan fingerprint density at radius 2 is 1.78 bits per heavy atom. The van der Waals surface area contributed by atoms with E-state index in [0.717, 1.165) is 59.2 Å². The second-order valence-corrected chi connectivity index (χ2v) is 9.03. The van der Waals surface area contributed by atoms with E-state index in [0.29, 0.717) is 6.54 Å². The zero-order chi connectivity index (χ0) is 22.3. The highest BCUT2D eigenvalue weighted by Gasteiger charge is 2.11. The summed E-state index contributed by atoms with van der Waals surface area (Å²) in [5, 5.41) is 3.05. The van der Waals surface area contributed by atoms with E-state index in [2.05, 4.69) is 62.2 Å². The van der Waals surface area contributed by atoms with Crippen LogP contribution in [0.25, 0.3) is 11.0 Å². The molecular weight excluding hydrogens is 462 g/mol. The van der Waals surface area contributed by atoms with Gasteiger partial charge in [-0.2, -0.15) is 0 Å². The summed E-state index contributed by atoms with van der Waals surface area (Å²) in [5.41, 5.74) is 5.24. The summed E-state index contributed by atoms with van der Waals surface area (Å²) in [7, 11) is 0. The third-order valence-corrected chi connectivity index (χ3v) is 6.21. The molecule has 0 saturated heterocycles. The molecule has 0 bridgehead atoms. The van der Waals surface area contributed by atoms with Crippen LogP contribution in [-0.4, -0.2) is 22.0 Å². The van der Waals surface area contributed by atoms with Crippen molar-refractivity contribution in [2.45, 2.75) is 39.2 Å². The van der Waals surface area contributed by atoms with Crippen molar-refractivity contribution in [1.82, 2.24) is 14.9 Å². The maximum Gasteiger partial charge on any atom is 0.251 e. The van der Waals surface area contributed by atoms with Gasteiger partial charge in [0.05, 0.1) is 11.0 Å². The average molecular weight is 490 g/mol. The Kier molecular flexibility index (Phi) is 7.38. The highest BCUT2D eigenvalue weighted by molar-refractivity contribution is 9.10. The minimum absolute atomic E-state index is 0.0129. The molecule has 4 aromatic rings. The van der Waals surface area contributed by atoms with Crippen LogP contribution in [0.4, 0.5) is 0 Å². The van der Waals surface area contributed by atoms with Gasteiger partial charge in [-0.15, -0.1) is 0 Å². The van der Waals surface area contributed by atoms with Gasteiger partial charge in [-0.3, -0.25) is 4.79 Å². The molecule has 4 rings (SSSR count). The third-order valence-electron chi connectivity index (χ3n) is 5.72. The van der Waals surface area contributed by atoms with Crippen molar-refractivity contribution in [3.8, 4) is 0 Å². The number of nitrogens with one attached hydrogen (secondary N) is 1. The van der Waals surface area contributed by atoms with Crippen LogP contribution in [0, 0.1) is 6.92 Å². The minimum Gasteiger partial charge on any atom is -0.352 e. The van der Waals surface area contributed by atoms with Gasteiger partial charge < -0.3 is 9.88 Å². The molecule has 0 saturated carbocycles. The van der Waals surface area contributed by atoms with Crippen molar-refractivity contribution < 1.29 is 4.79 Å². The maximum absolute atomic E-state index is 12.3. The lowest BCUT2D eigenvalue weighted by molar-refractivity contribution is 0.0952. The van der Waals surface area contributed by atoms with Gasteiger partial charge in [0.1, 0.15) is 5.82 Å². The maximum atomic E-state index is 12.3. The first-order valence-corrected chi connectivity index (χ1v) is 11.9. The van der Waals surface area contributed by atoms with Gasteiger partial charge in [-0.1, -0.05) is 64.8 Å². The summed E-state index contributed by atoms with van der Waals surface area (Å²) >= 11 is 3.57. The van der Waals surface area contributed by atoms with Gasteiger partial charge in [0.2, 0.25) is 0 Å². The summed E-state index contributed by atoms with van der Waals surface area (Å²) in [4.78, 5) is 17.2. The fourth-order valence-corrected chi connectivity index (χ4v) is 4.47. The lowest BCUT2D eigenvalue weighted by Crippen LogP contribution is -2.25. The second kappa shape index (κ2) is 10.6. The predicted molar refractivity (Wildman–Crippen MR) is 134 cm³/mol. The number of aryl methyl sites for hydroxylation is 2. The average Bonchev–Trinajstić information content (AvgIpc) is 3.13. The van der Waals surface area contributed by atoms with Gasteiger partial charge in [0.25, 0.3) is 5.91 Å². The van der Waals surface area contributed by atoms with Crippen molar-refractivity contribution in [3.63, 3.8) is 0 Å². The molecule has 0 unspecified atom stereocenters. The first kappa shape index (κ1) is 22.3. The molecule has 0 aliphatic rings. The molecule has 0 aliphatic carbocycles. The van der Waals surface area contributed by atoms with Gasteiger partial charge in [-0.05, 0) is 61.2 Å². The SMILES string of the molecule is Cc1ccccc1C(=O)NCCCCCc1nc2ccccc2n1Cc1cccc(Br)c1. The summed E-state index contributed by atoms with van der Waals surface area (Å²) in [6.07, 6.45) is 3.98. The third kappa shape index (κ3) is 5.46. The van der Waals surface area contributed by atoms with Crippen LogP contribution in [0.3, 0.4) is 0 Å². The number of fused-ring (bicyclic) bond motifs is 1. The lowest BCUT2D eigenvalue weighted by Gasteiger charge is -2.10. The van der Waals surface area contributed by atoms with E-state index in [1.807, 2.05) is 43.3 Å². The largest absolute Gasteiger partial charge is 0.352 e. The smallest absolute Gasteiger partial charge is 0.251 e. The minimum atomic E-state index is 0.0129. The zero-order valence-corrected chi connectivity index (χ0v) is 19.9. The van der Waals surface area contributed by atoms with E-state index in [9.17, 15) is 4.79 Å². The van der Waals surface area contributed by atoms with E-state index in [1.54, 1.807) is 0 Å². The summed E-state index contributed by atoms with van der Waals surface area (Å²) < 4.78 is 3.42. The van der Waals surface area contributed by atoms with E-state index < -0.39 is 0 Å². The summed E-state index contributed by atoms with van der Waals surface area (Å²) in [6.45, 7) is 3.47. The van der Waals surface area contributed by atoms with Crippen molar-refractivity contribution >= 4 is 32.9 Å². The van der Waals surface area contributed by atoms with Crippen LogP contribution in [0.2, 0.25) is 0 Å². The lowest BCUT2D eigenvalue weighted by atomic mass is 10.1. The second-order valence-electron chi connectivity index (χ2n) is 8.11. The molecule has 164 valence electrons. The monoisotopic (exact) mass is 489 g/mol. The molecule has 3 aromatic carbocycles. The number of rotatable bonds is 9. The van der Waals surface area contributed by atoms with Crippen LogP contribution in [0.15, 0.2) is 77.3 Å². The van der Waals surface area contributed by atoms with Crippen LogP contribution >= 0.6 is 15.9 Å². The first-order valence-electron chi connectivity index (χ1n) is 11.1.